The third kappa shape index (κ3) is 2.39. The van der Waals surface area contributed by atoms with Crippen LogP contribution < -0.4 is 0 Å². The lowest BCUT2D eigenvalue weighted by atomic mass is 10.1. The molecule has 1 aromatic rings. The molecule has 0 aliphatic heterocycles. The van der Waals surface area contributed by atoms with Crippen LogP contribution in [0.1, 0.15) is 32.1 Å². The highest BCUT2D eigenvalue weighted by molar-refractivity contribution is 6.36. The van der Waals surface area contributed by atoms with Crippen LogP contribution in [0.25, 0.3) is 0 Å². The Morgan fingerprint density at radius 3 is 1.65 bits per heavy atom. The van der Waals surface area contributed by atoms with Crippen molar-refractivity contribution in [2.75, 3.05) is 14.2 Å². The van der Waals surface area contributed by atoms with Gasteiger partial charge in [-0.15, -0.1) is 0 Å². The molecule has 92 valence electrons. The van der Waals surface area contributed by atoms with Crippen LogP contribution in [0.15, 0.2) is 0 Å². The number of aryl methyl sites for hydroxylation is 2. The van der Waals surface area contributed by atoms with Gasteiger partial charge in [0, 0.05) is 0 Å². The number of methoxy groups -OCH3 is 2. The number of ether oxygens (including phenoxy) is 2. The summed E-state index contributed by atoms with van der Waals surface area (Å²) in [4.78, 5) is 27.1. The average Bonchev–Trinajstić information content (AvgIpc) is 2.27. The molecule has 0 N–H and O–H groups in total. The fraction of sp³-hybridized carbons (Fsp3) is 0.364. The van der Waals surface area contributed by atoms with Crippen LogP contribution in [0.3, 0.4) is 0 Å². The Morgan fingerprint density at radius 2 is 1.35 bits per heavy atom. The fourth-order valence-electron chi connectivity index (χ4n) is 1.48. The van der Waals surface area contributed by atoms with Crippen molar-refractivity contribution in [1.82, 2.24) is 4.98 Å². The number of hydrogen-bond donors (Lipinski definition) is 0. The van der Waals surface area contributed by atoms with Gasteiger partial charge < -0.3 is 9.47 Å². The van der Waals surface area contributed by atoms with Crippen LogP contribution in [0, 0.1) is 13.8 Å². The van der Waals surface area contributed by atoms with Gasteiger partial charge in [0.2, 0.25) is 0 Å². The second kappa shape index (κ2) is 5.14. The molecule has 1 aromatic heterocycles. The minimum absolute atomic E-state index is 0.00806. The van der Waals surface area contributed by atoms with Gasteiger partial charge in [0.25, 0.3) is 0 Å². The van der Waals surface area contributed by atoms with E-state index >= 15 is 0 Å². The third-order valence-electron chi connectivity index (χ3n) is 2.28. The maximum absolute atomic E-state index is 11.5. The van der Waals surface area contributed by atoms with Crippen LogP contribution in [0.5, 0.6) is 0 Å². The standard InChI is InChI=1S/C11H12ClNO4/c1-5-7(10(14)16-3)9(12)8(6(2)13-5)11(15)17-4/h1-4H3. The lowest BCUT2D eigenvalue weighted by Crippen LogP contribution is -2.14. The summed E-state index contributed by atoms with van der Waals surface area (Å²) in [6, 6.07) is 0. The van der Waals surface area contributed by atoms with Crippen molar-refractivity contribution < 1.29 is 19.1 Å². The molecule has 0 atom stereocenters. The van der Waals surface area contributed by atoms with Crippen molar-refractivity contribution in [3.63, 3.8) is 0 Å². The molecule has 0 aromatic carbocycles. The van der Waals surface area contributed by atoms with E-state index in [0.29, 0.717) is 11.4 Å². The maximum Gasteiger partial charge on any atom is 0.341 e. The van der Waals surface area contributed by atoms with E-state index in [-0.39, 0.29) is 16.1 Å². The van der Waals surface area contributed by atoms with Crippen molar-refractivity contribution in [2.45, 2.75) is 13.8 Å². The highest BCUT2D eigenvalue weighted by atomic mass is 35.5. The third-order valence-corrected chi connectivity index (χ3v) is 2.66. The number of hydrogen-bond acceptors (Lipinski definition) is 5. The number of nitrogens with zero attached hydrogens (tertiary/aromatic N) is 1. The molecule has 1 heterocycles. The predicted molar refractivity (Wildman–Crippen MR) is 61.4 cm³/mol. The normalized spacial score (nSPS) is 9.94. The number of esters is 2. The molecule has 0 amide bonds. The van der Waals surface area contributed by atoms with E-state index in [0.717, 1.165) is 0 Å². The van der Waals surface area contributed by atoms with E-state index in [9.17, 15) is 9.59 Å². The minimum atomic E-state index is -0.634. The van der Waals surface area contributed by atoms with Gasteiger partial charge in [-0.1, -0.05) is 11.6 Å². The van der Waals surface area contributed by atoms with E-state index in [1.165, 1.54) is 14.2 Å². The molecule has 0 saturated heterocycles. The monoisotopic (exact) mass is 257 g/mol. The zero-order chi connectivity index (χ0) is 13.2. The van der Waals surface area contributed by atoms with Crippen molar-refractivity contribution in [3.05, 3.63) is 27.5 Å². The molecule has 5 nitrogen and oxygen atoms in total. The van der Waals surface area contributed by atoms with Crippen molar-refractivity contribution in [1.29, 1.82) is 0 Å². The number of rotatable bonds is 2. The Hall–Kier alpha value is -1.62. The summed E-state index contributed by atoms with van der Waals surface area (Å²) in [6.07, 6.45) is 0. The minimum Gasteiger partial charge on any atom is -0.465 e. The summed E-state index contributed by atoms with van der Waals surface area (Å²) < 4.78 is 9.18. The van der Waals surface area contributed by atoms with Gasteiger partial charge in [-0.3, -0.25) is 4.98 Å². The first-order valence-electron chi connectivity index (χ1n) is 4.77. The lowest BCUT2D eigenvalue weighted by Gasteiger charge is -2.11. The molecule has 0 spiro atoms. The molecule has 0 fully saturated rings. The van der Waals surface area contributed by atoms with Gasteiger partial charge in [-0.2, -0.15) is 0 Å². The second-order valence-electron chi connectivity index (χ2n) is 3.33. The molecule has 6 heteroatoms. The van der Waals surface area contributed by atoms with E-state index in [1.807, 2.05) is 0 Å². The molecule has 0 unspecified atom stereocenters. The number of halogens is 1. The van der Waals surface area contributed by atoms with Crippen LogP contribution >= 0.6 is 11.6 Å². The van der Waals surface area contributed by atoms with Crippen LogP contribution in [-0.4, -0.2) is 31.1 Å². The Labute approximate surface area is 104 Å². The number of aromatic nitrogens is 1. The van der Waals surface area contributed by atoms with Crippen LogP contribution in [-0.2, 0) is 9.47 Å². The molecule has 0 aliphatic rings. The van der Waals surface area contributed by atoms with Crippen molar-refractivity contribution in [2.24, 2.45) is 0 Å². The summed E-state index contributed by atoms with van der Waals surface area (Å²) >= 11 is 6.02. The van der Waals surface area contributed by atoms with Gasteiger partial charge >= 0.3 is 11.9 Å². The van der Waals surface area contributed by atoms with E-state index in [1.54, 1.807) is 13.8 Å². The van der Waals surface area contributed by atoms with E-state index < -0.39 is 11.9 Å². The number of pyridine rings is 1. The predicted octanol–water partition coefficient (Wildman–Crippen LogP) is 1.93. The molecular weight excluding hydrogens is 246 g/mol. The Morgan fingerprint density at radius 1 is 1.00 bits per heavy atom. The number of carbonyl (C=O) groups excluding carboxylic acids is 2. The molecule has 17 heavy (non-hydrogen) atoms. The van der Waals surface area contributed by atoms with Crippen molar-refractivity contribution >= 4 is 23.5 Å². The molecule has 0 saturated carbocycles. The highest BCUT2D eigenvalue weighted by Crippen LogP contribution is 2.26. The van der Waals surface area contributed by atoms with E-state index in [2.05, 4.69) is 14.5 Å². The summed E-state index contributed by atoms with van der Waals surface area (Å²) in [5, 5.41) is 0.00806. The first-order valence-corrected chi connectivity index (χ1v) is 5.15. The molecule has 1 rings (SSSR count). The largest absolute Gasteiger partial charge is 0.465 e. The van der Waals surface area contributed by atoms with Crippen LogP contribution in [0.2, 0.25) is 5.02 Å². The van der Waals surface area contributed by atoms with Crippen molar-refractivity contribution in [3.8, 4) is 0 Å². The van der Waals surface area contributed by atoms with Gasteiger partial charge in [-0.25, -0.2) is 9.59 Å². The van der Waals surface area contributed by atoms with E-state index in [4.69, 9.17) is 11.6 Å². The zero-order valence-electron chi connectivity index (χ0n) is 9.96. The quantitative estimate of drug-likeness (QED) is 0.758. The summed E-state index contributed by atoms with van der Waals surface area (Å²) in [5.41, 5.74) is 0.985. The van der Waals surface area contributed by atoms with Gasteiger partial charge in [0.15, 0.2) is 0 Å². The Balaban J connectivity index is 3.54. The molecule has 0 bridgehead atoms. The molecule has 0 aliphatic carbocycles. The zero-order valence-corrected chi connectivity index (χ0v) is 10.7. The first kappa shape index (κ1) is 13.4. The van der Waals surface area contributed by atoms with Gasteiger partial charge in [0.05, 0.1) is 30.6 Å². The average molecular weight is 258 g/mol. The fourth-order valence-corrected chi connectivity index (χ4v) is 1.91. The topological polar surface area (TPSA) is 65.5 Å². The summed E-state index contributed by atoms with van der Waals surface area (Å²) in [5.74, 6) is -1.27. The summed E-state index contributed by atoms with van der Waals surface area (Å²) in [7, 11) is 2.46. The Kier molecular flexibility index (Phi) is 4.07. The lowest BCUT2D eigenvalue weighted by molar-refractivity contribution is 0.0597. The molecular formula is C11H12ClNO4. The first-order chi connectivity index (χ1) is 7.93. The summed E-state index contributed by atoms with van der Waals surface area (Å²) in [6.45, 7) is 3.23. The SMILES string of the molecule is COC(=O)c1c(C)nc(C)c(C(=O)OC)c1Cl. The highest BCUT2D eigenvalue weighted by Gasteiger charge is 2.24. The molecule has 0 radical (unpaired) electrons. The maximum atomic E-state index is 11.5. The smallest absolute Gasteiger partial charge is 0.341 e. The number of carbonyl (C=O) groups is 2. The van der Waals surface area contributed by atoms with Crippen LogP contribution in [0.4, 0.5) is 0 Å². The van der Waals surface area contributed by atoms with Gasteiger partial charge in [-0.05, 0) is 13.8 Å². The Bertz CT molecular complexity index is 445. The second-order valence-corrected chi connectivity index (χ2v) is 3.71. The van der Waals surface area contributed by atoms with Gasteiger partial charge in [0.1, 0.15) is 11.1 Å².